The number of aromatic nitrogens is 1. The summed E-state index contributed by atoms with van der Waals surface area (Å²) < 4.78 is 11.5. The maximum atomic E-state index is 5.77. The van der Waals surface area contributed by atoms with E-state index >= 15 is 0 Å². The molecule has 0 saturated carbocycles. The summed E-state index contributed by atoms with van der Waals surface area (Å²) in [5, 5.41) is 0. The Morgan fingerprint density at radius 1 is 1.29 bits per heavy atom. The molecule has 0 bridgehead atoms. The van der Waals surface area contributed by atoms with Crippen LogP contribution >= 0.6 is 0 Å². The third-order valence-corrected chi connectivity index (χ3v) is 3.42. The van der Waals surface area contributed by atoms with Gasteiger partial charge in [-0.1, -0.05) is 6.07 Å². The van der Waals surface area contributed by atoms with E-state index in [0.29, 0.717) is 0 Å². The molecule has 3 heterocycles. The maximum Gasteiger partial charge on any atom is 0.181 e. The van der Waals surface area contributed by atoms with Crippen molar-refractivity contribution in [1.82, 2.24) is 9.88 Å². The minimum Gasteiger partial charge on any atom is -0.346 e. The summed E-state index contributed by atoms with van der Waals surface area (Å²) >= 11 is 0. The molecule has 4 nitrogen and oxygen atoms in total. The molecule has 1 spiro atoms. The van der Waals surface area contributed by atoms with Gasteiger partial charge in [0.05, 0.1) is 25.5 Å². The minimum atomic E-state index is -0.326. The van der Waals surface area contributed by atoms with Crippen molar-refractivity contribution in [2.45, 2.75) is 25.2 Å². The van der Waals surface area contributed by atoms with Crippen LogP contribution in [-0.2, 0) is 16.0 Å². The van der Waals surface area contributed by atoms with Crippen molar-refractivity contribution in [3.05, 3.63) is 30.1 Å². The largest absolute Gasteiger partial charge is 0.346 e. The first-order valence-corrected chi connectivity index (χ1v) is 6.27. The lowest BCUT2D eigenvalue weighted by Crippen LogP contribution is -2.48. The molecule has 2 saturated heterocycles. The Kier molecular flexibility index (Phi) is 3.09. The van der Waals surface area contributed by atoms with E-state index in [4.69, 9.17) is 9.47 Å². The zero-order valence-electron chi connectivity index (χ0n) is 9.97. The first-order valence-electron chi connectivity index (χ1n) is 6.27. The van der Waals surface area contributed by atoms with Crippen LogP contribution in [0.2, 0.25) is 0 Å². The molecule has 1 aromatic rings. The second-order valence-corrected chi connectivity index (χ2v) is 4.74. The fourth-order valence-electron chi connectivity index (χ4n) is 2.66. The Labute approximate surface area is 102 Å². The Morgan fingerprint density at radius 2 is 2.18 bits per heavy atom. The molecular weight excluding hydrogens is 216 g/mol. The van der Waals surface area contributed by atoms with Gasteiger partial charge >= 0.3 is 0 Å². The molecule has 0 aliphatic carbocycles. The molecule has 3 rings (SSSR count). The number of rotatable bonds is 2. The smallest absolute Gasteiger partial charge is 0.181 e. The van der Waals surface area contributed by atoms with Crippen LogP contribution in [0.5, 0.6) is 0 Å². The van der Waals surface area contributed by atoms with Crippen LogP contribution in [0.3, 0.4) is 0 Å². The number of hydrogen-bond acceptors (Lipinski definition) is 4. The number of nitrogens with zero attached hydrogens (tertiary/aromatic N) is 2. The number of pyridine rings is 1. The summed E-state index contributed by atoms with van der Waals surface area (Å²) in [6, 6.07) is 6.05. The standard InChI is InChI=1S/C13H18N2O2/c1-2-6-14-12(4-1)10-15-7-3-5-13(11-15)16-8-9-17-13/h1-2,4,6H,3,5,7-11H2. The molecule has 4 heteroatoms. The first-order chi connectivity index (χ1) is 8.36. The van der Waals surface area contributed by atoms with Crippen molar-refractivity contribution >= 4 is 0 Å². The molecule has 2 aliphatic heterocycles. The van der Waals surface area contributed by atoms with Crippen molar-refractivity contribution in [3.8, 4) is 0 Å². The topological polar surface area (TPSA) is 34.6 Å². The quantitative estimate of drug-likeness (QED) is 0.775. The van der Waals surface area contributed by atoms with Crippen LogP contribution < -0.4 is 0 Å². The zero-order chi connectivity index (χ0) is 11.6. The molecule has 17 heavy (non-hydrogen) atoms. The summed E-state index contributed by atoms with van der Waals surface area (Å²) in [6.45, 7) is 4.32. The summed E-state index contributed by atoms with van der Waals surface area (Å²) in [5.41, 5.74) is 1.11. The normalized spacial score (nSPS) is 24.2. The Bertz CT molecular complexity index is 363. The van der Waals surface area contributed by atoms with Gasteiger partial charge in [0.25, 0.3) is 0 Å². The summed E-state index contributed by atoms with van der Waals surface area (Å²) in [5.74, 6) is -0.326. The van der Waals surface area contributed by atoms with Gasteiger partial charge in [-0.05, 0) is 25.1 Å². The lowest BCUT2D eigenvalue weighted by atomic mass is 10.0. The predicted octanol–water partition coefficient (Wildman–Crippen LogP) is 1.42. The molecule has 1 aromatic heterocycles. The van der Waals surface area contributed by atoms with E-state index in [0.717, 1.165) is 51.4 Å². The highest BCUT2D eigenvalue weighted by Gasteiger charge is 2.40. The lowest BCUT2D eigenvalue weighted by molar-refractivity contribution is -0.190. The van der Waals surface area contributed by atoms with Gasteiger partial charge in [-0.2, -0.15) is 0 Å². The average molecular weight is 234 g/mol. The molecule has 0 radical (unpaired) electrons. The first kappa shape index (κ1) is 11.1. The highest BCUT2D eigenvalue weighted by atomic mass is 16.7. The Balaban J connectivity index is 1.64. The van der Waals surface area contributed by atoms with Gasteiger partial charge in [-0.25, -0.2) is 0 Å². The van der Waals surface area contributed by atoms with Gasteiger partial charge in [0.2, 0.25) is 0 Å². The van der Waals surface area contributed by atoms with Crippen LogP contribution in [0.15, 0.2) is 24.4 Å². The van der Waals surface area contributed by atoms with Crippen molar-refractivity contribution < 1.29 is 9.47 Å². The lowest BCUT2D eigenvalue weighted by Gasteiger charge is -2.38. The number of ether oxygens (including phenoxy) is 2. The second-order valence-electron chi connectivity index (χ2n) is 4.74. The predicted molar refractivity (Wildman–Crippen MR) is 63.4 cm³/mol. The van der Waals surface area contributed by atoms with Gasteiger partial charge in [0, 0.05) is 19.2 Å². The monoisotopic (exact) mass is 234 g/mol. The van der Waals surface area contributed by atoms with E-state index in [1.54, 1.807) is 0 Å². The fraction of sp³-hybridized carbons (Fsp3) is 0.615. The van der Waals surface area contributed by atoms with Crippen LogP contribution in [0.4, 0.5) is 0 Å². The summed E-state index contributed by atoms with van der Waals surface area (Å²) in [4.78, 5) is 6.74. The number of likely N-dealkylation sites (tertiary alicyclic amines) is 1. The molecule has 2 fully saturated rings. The van der Waals surface area contributed by atoms with E-state index in [2.05, 4.69) is 16.0 Å². The fourth-order valence-corrected chi connectivity index (χ4v) is 2.66. The van der Waals surface area contributed by atoms with E-state index in [-0.39, 0.29) is 5.79 Å². The van der Waals surface area contributed by atoms with E-state index in [1.165, 1.54) is 0 Å². The minimum absolute atomic E-state index is 0.326. The third kappa shape index (κ3) is 2.49. The van der Waals surface area contributed by atoms with Gasteiger partial charge in [-0.3, -0.25) is 9.88 Å². The molecule has 0 N–H and O–H groups in total. The van der Waals surface area contributed by atoms with E-state index in [9.17, 15) is 0 Å². The second kappa shape index (κ2) is 4.72. The van der Waals surface area contributed by atoms with Gasteiger partial charge in [0.1, 0.15) is 0 Å². The maximum absolute atomic E-state index is 5.77. The number of hydrogen-bond donors (Lipinski definition) is 0. The summed E-state index contributed by atoms with van der Waals surface area (Å²) in [7, 11) is 0. The van der Waals surface area contributed by atoms with Gasteiger partial charge in [-0.15, -0.1) is 0 Å². The average Bonchev–Trinajstić information content (AvgIpc) is 2.79. The molecule has 0 aromatic carbocycles. The molecule has 0 amide bonds. The molecule has 92 valence electrons. The van der Waals surface area contributed by atoms with Crippen LogP contribution in [0, 0.1) is 0 Å². The van der Waals surface area contributed by atoms with Gasteiger partial charge < -0.3 is 9.47 Å². The molecular formula is C13H18N2O2. The Hall–Kier alpha value is -0.970. The third-order valence-electron chi connectivity index (χ3n) is 3.42. The van der Waals surface area contributed by atoms with Crippen LogP contribution in [0.1, 0.15) is 18.5 Å². The highest BCUT2D eigenvalue weighted by Crippen LogP contribution is 2.30. The van der Waals surface area contributed by atoms with E-state index in [1.807, 2.05) is 18.3 Å². The van der Waals surface area contributed by atoms with E-state index < -0.39 is 0 Å². The molecule has 2 aliphatic rings. The highest BCUT2D eigenvalue weighted by molar-refractivity contribution is 5.03. The zero-order valence-corrected chi connectivity index (χ0v) is 9.97. The Morgan fingerprint density at radius 3 is 2.94 bits per heavy atom. The number of piperidine rings is 1. The SMILES string of the molecule is c1ccc(CN2CCCC3(C2)OCCO3)nc1. The van der Waals surface area contributed by atoms with Crippen molar-refractivity contribution in [2.75, 3.05) is 26.3 Å². The van der Waals surface area contributed by atoms with Crippen LogP contribution in [0.25, 0.3) is 0 Å². The molecule has 0 atom stereocenters. The van der Waals surface area contributed by atoms with Gasteiger partial charge in [0.15, 0.2) is 5.79 Å². The van der Waals surface area contributed by atoms with Crippen LogP contribution in [-0.4, -0.2) is 42.0 Å². The van der Waals surface area contributed by atoms with Crippen molar-refractivity contribution in [2.24, 2.45) is 0 Å². The van der Waals surface area contributed by atoms with Crippen molar-refractivity contribution in [1.29, 1.82) is 0 Å². The molecule has 0 unspecified atom stereocenters. The summed E-state index contributed by atoms with van der Waals surface area (Å²) in [6.07, 6.45) is 4.00. The van der Waals surface area contributed by atoms with Crippen molar-refractivity contribution in [3.63, 3.8) is 0 Å².